The Bertz CT molecular complexity index is 806. The number of rotatable bonds is 6. The van der Waals surface area contributed by atoms with Gasteiger partial charge in [-0.2, -0.15) is 0 Å². The SMILES string of the molecule is C=CC(=O)N1CCC(Oc2cnc3[nH]cc(C(=O)NCCC)c3c2)CC1. The number of hydrogen-bond donors (Lipinski definition) is 2. The molecule has 3 rings (SSSR count). The Kier molecular flexibility index (Phi) is 5.55. The minimum absolute atomic E-state index is 0.0272. The lowest BCUT2D eigenvalue weighted by atomic mass is 10.1. The van der Waals surface area contributed by atoms with Gasteiger partial charge in [0.15, 0.2) is 0 Å². The van der Waals surface area contributed by atoms with E-state index in [4.69, 9.17) is 4.74 Å². The lowest BCUT2D eigenvalue weighted by molar-refractivity contribution is -0.127. The van der Waals surface area contributed by atoms with Gasteiger partial charge in [0, 0.05) is 44.1 Å². The number of amides is 2. The highest BCUT2D eigenvalue weighted by Crippen LogP contribution is 2.24. The number of likely N-dealkylation sites (tertiary alicyclic amines) is 1. The minimum atomic E-state index is -0.117. The molecule has 1 saturated heterocycles. The summed E-state index contributed by atoms with van der Waals surface area (Å²) < 4.78 is 6.04. The van der Waals surface area contributed by atoms with Crippen molar-refractivity contribution in [1.29, 1.82) is 0 Å². The number of pyridine rings is 1. The van der Waals surface area contributed by atoms with Crippen molar-refractivity contribution in [3.8, 4) is 5.75 Å². The van der Waals surface area contributed by atoms with E-state index >= 15 is 0 Å². The fraction of sp³-hybridized carbons (Fsp3) is 0.421. The molecule has 0 spiro atoms. The molecule has 7 heteroatoms. The largest absolute Gasteiger partial charge is 0.489 e. The zero-order valence-electron chi connectivity index (χ0n) is 15.0. The molecule has 0 aromatic carbocycles. The number of carbonyl (C=O) groups excluding carboxylic acids is 2. The Morgan fingerprint density at radius 1 is 1.46 bits per heavy atom. The lowest BCUT2D eigenvalue weighted by Crippen LogP contribution is -2.41. The first-order valence-corrected chi connectivity index (χ1v) is 8.95. The van der Waals surface area contributed by atoms with Crippen molar-refractivity contribution in [2.75, 3.05) is 19.6 Å². The fourth-order valence-corrected chi connectivity index (χ4v) is 3.09. The van der Waals surface area contributed by atoms with Gasteiger partial charge in [-0.15, -0.1) is 0 Å². The van der Waals surface area contributed by atoms with E-state index in [1.54, 1.807) is 17.3 Å². The number of nitrogens with zero attached hydrogens (tertiary/aromatic N) is 2. The molecule has 0 radical (unpaired) electrons. The van der Waals surface area contributed by atoms with Gasteiger partial charge in [0.25, 0.3) is 5.91 Å². The lowest BCUT2D eigenvalue weighted by Gasteiger charge is -2.31. The summed E-state index contributed by atoms with van der Waals surface area (Å²) in [5.41, 5.74) is 1.23. The third-order valence-corrected chi connectivity index (χ3v) is 4.52. The molecular formula is C19H24N4O3. The van der Waals surface area contributed by atoms with Crippen molar-refractivity contribution >= 4 is 22.8 Å². The molecule has 2 aromatic rings. The molecule has 2 N–H and O–H groups in total. The molecule has 26 heavy (non-hydrogen) atoms. The van der Waals surface area contributed by atoms with Crippen molar-refractivity contribution in [2.24, 2.45) is 0 Å². The van der Waals surface area contributed by atoms with Crippen molar-refractivity contribution in [3.05, 3.63) is 36.7 Å². The van der Waals surface area contributed by atoms with Crippen LogP contribution < -0.4 is 10.1 Å². The normalized spacial score (nSPS) is 15.0. The molecule has 1 fully saturated rings. The van der Waals surface area contributed by atoms with Crippen LogP contribution in [0.3, 0.4) is 0 Å². The smallest absolute Gasteiger partial charge is 0.253 e. The van der Waals surface area contributed by atoms with Crippen LogP contribution >= 0.6 is 0 Å². The number of nitrogens with one attached hydrogen (secondary N) is 2. The van der Waals surface area contributed by atoms with E-state index in [0.717, 1.165) is 24.6 Å². The summed E-state index contributed by atoms with van der Waals surface area (Å²) in [4.78, 5) is 33.0. The van der Waals surface area contributed by atoms with Gasteiger partial charge in [0.2, 0.25) is 5.91 Å². The van der Waals surface area contributed by atoms with Crippen LogP contribution in [0.25, 0.3) is 11.0 Å². The molecule has 3 heterocycles. The van der Waals surface area contributed by atoms with E-state index in [1.165, 1.54) is 6.08 Å². The van der Waals surface area contributed by atoms with Crippen molar-refractivity contribution in [1.82, 2.24) is 20.2 Å². The Labute approximate surface area is 152 Å². The number of H-pyrrole nitrogens is 1. The second kappa shape index (κ2) is 8.03. The van der Waals surface area contributed by atoms with Gasteiger partial charge < -0.3 is 19.9 Å². The minimum Gasteiger partial charge on any atom is -0.489 e. The molecule has 7 nitrogen and oxygen atoms in total. The van der Waals surface area contributed by atoms with Gasteiger partial charge in [0.1, 0.15) is 17.5 Å². The highest BCUT2D eigenvalue weighted by molar-refractivity contribution is 6.06. The number of aromatic amines is 1. The molecule has 1 aliphatic heterocycles. The first kappa shape index (κ1) is 18.0. The van der Waals surface area contributed by atoms with E-state index in [9.17, 15) is 9.59 Å². The Balaban J connectivity index is 1.68. The maximum Gasteiger partial charge on any atom is 0.253 e. The second-order valence-corrected chi connectivity index (χ2v) is 6.37. The number of piperidine rings is 1. The zero-order valence-corrected chi connectivity index (χ0v) is 15.0. The van der Waals surface area contributed by atoms with Crippen LogP contribution in [0.2, 0.25) is 0 Å². The standard InChI is InChI=1S/C19H24N4O3/c1-3-7-20-19(25)16-12-22-18-15(16)10-14(11-21-18)26-13-5-8-23(9-6-13)17(24)4-2/h4,10-13H,2-3,5-9H2,1H3,(H,20,25)(H,21,22). The van der Waals surface area contributed by atoms with Crippen LogP contribution in [0.4, 0.5) is 0 Å². The van der Waals surface area contributed by atoms with E-state index in [0.29, 0.717) is 36.6 Å². The Hall–Kier alpha value is -2.83. The molecule has 0 atom stereocenters. The van der Waals surface area contributed by atoms with Gasteiger partial charge in [0.05, 0.1) is 11.8 Å². The molecule has 138 valence electrons. The average Bonchev–Trinajstić information content (AvgIpc) is 3.09. The predicted molar refractivity (Wildman–Crippen MR) is 99.1 cm³/mol. The third-order valence-electron chi connectivity index (χ3n) is 4.52. The molecule has 0 aliphatic carbocycles. The van der Waals surface area contributed by atoms with Crippen LogP contribution in [0.1, 0.15) is 36.5 Å². The number of aromatic nitrogens is 2. The van der Waals surface area contributed by atoms with Gasteiger partial charge in [-0.05, 0) is 18.6 Å². The summed E-state index contributed by atoms with van der Waals surface area (Å²) in [5.74, 6) is 0.477. The summed E-state index contributed by atoms with van der Waals surface area (Å²) in [6, 6.07) is 1.85. The summed E-state index contributed by atoms with van der Waals surface area (Å²) in [5, 5.41) is 3.62. The van der Waals surface area contributed by atoms with Gasteiger partial charge in [-0.1, -0.05) is 13.5 Å². The Morgan fingerprint density at radius 2 is 2.23 bits per heavy atom. The van der Waals surface area contributed by atoms with Crippen LogP contribution in [-0.2, 0) is 4.79 Å². The summed E-state index contributed by atoms with van der Waals surface area (Å²) in [6.07, 6.45) is 7.10. The topological polar surface area (TPSA) is 87.3 Å². The van der Waals surface area contributed by atoms with Crippen LogP contribution in [-0.4, -0.2) is 52.4 Å². The zero-order chi connectivity index (χ0) is 18.5. The average molecular weight is 356 g/mol. The molecule has 2 amide bonds. The monoisotopic (exact) mass is 356 g/mol. The Morgan fingerprint density at radius 3 is 2.92 bits per heavy atom. The highest BCUT2D eigenvalue weighted by Gasteiger charge is 2.23. The fourth-order valence-electron chi connectivity index (χ4n) is 3.09. The highest BCUT2D eigenvalue weighted by atomic mass is 16.5. The summed E-state index contributed by atoms with van der Waals surface area (Å²) in [6.45, 7) is 7.47. The third kappa shape index (κ3) is 3.87. The number of ether oxygens (including phenoxy) is 1. The number of fused-ring (bicyclic) bond motifs is 1. The van der Waals surface area contributed by atoms with Crippen LogP contribution in [0, 0.1) is 0 Å². The molecule has 0 saturated carbocycles. The van der Waals surface area contributed by atoms with Gasteiger partial charge in [-0.25, -0.2) is 4.98 Å². The van der Waals surface area contributed by atoms with Crippen molar-refractivity contribution in [2.45, 2.75) is 32.3 Å². The maximum absolute atomic E-state index is 12.3. The van der Waals surface area contributed by atoms with Crippen LogP contribution in [0.5, 0.6) is 5.75 Å². The molecule has 0 bridgehead atoms. The van der Waals surface area contributed by atoms with Gasteiger partial charge >= 0.3 is 0 Å². The number of hydrogen-bond acceptors (Lipinski definition) is 4. The molecular weight excluding hydrogens is 332 g/mol. The number of carbonyl (C=O) groups is 2. The van der Waals surface area contributed by atoms with Crippen molar-refractivity contribution < 1.29 is 14.3 Å². The van der Waals surface area contributed by atoms with Crippen LogP contribution in [0.15, 0.2) is 31.1 Å². The predicted octanol–water partition coefficient (Wildman–Crippen LogP) is 2.26. The second-order valence-electron chi connectivity index (χ2n) is 6.37. The van der Waals surface area contributed by atoms with Gasteiger partial charge in [-0.3, -0.25) is 9.59 Å². The summed E-state index contributed by atoms with van der Waals surface area (Å²) in [7, 11) is 0. The van der Waals surface area contributed by atoms with E-state index in [2.05, 4.69) is 21.9 Å². The maximum atomic E-state index is 12.3. The quantitative estimate of drug-likeness (QED) is 0.777. The van der Waals surface area contributed by atoms with E-state index < -0.39 is 0 Å². The van der Waals surface area contributed by atoms with Crippen molar-refractivity contribution in [3.63, 3.8) is 0 Å². The molecule has 0 unspecified atom stereocenters. The first-order valence-electron chi connectivity index (χ1n) is 8.95. The first-order chi connectivity index (χ1) is 12.6. The summed E-state index contributed by atoms with van der Waals surface area (Å²) >= 11 is 0. The molecule has 2 aromatic heterocycles. The van der Waals surface area contributed by atoms with E-state index in [1.807, 2.05) is 13.0 Å². The molecule has 1 aliphatic rings. The van der Waals surface area contributed by atoms with E-state index in [-0.39, 0.29) is 17.9 Å².